The topological polar surface area (TPSA) is 35.5 Å². The molecule has 9 heavy (non-hydrogen) atoms. The number of ether oxygens (including phenoxy) is 2. The summed E-state index contributed by atoms with van der Waals surface area (Å²) in [6.07, 6.45) is 0. The van der Waals surface area contributed by atoms with Gasteiger partial charge in [0.15, 0.2) is 0 Å². The van der Waals surface area contributed by atoms with Crippen molar-refractivity contribution < 1.29 is 14.3 Å². The van der Waals surface area contributed by atoms with E-state index in [1.807, 2.05) is 6.92 Å². The van der Waals surface area contributed by atoms with Crippen LogP contribution < -0.4 is 0 Å². The Morgan fingerprint density at radius 2 is 2.22 bits per heavy atom. The minimum Gasteiger partial charge on any atom is -0.455 e. The summed E-state index contributed by atoms with van der Waals surface area (Å²) in [4.78, 5) is 9.99. The van der Waals surface area contributed by atoms with E-state index in [-0.39, 0.29) is 6.61 Å². The first kappa shape index (κ1) is 8.78. The Bertz CT molecular complexity index is 84.3. The van der Waals surface area contributed by atoms with E-state index in [0.717, 1.165) is 0 Å². The minimum absolute atomic E-state index is 0.288. The molecule has 0 bridgehead atoms. The smallest absolute Gasteiger partial charge is 0.364 e. The van der Waals surface area contributed by atoms with Gasteiger partial charge in [-0.3, -0.25) is 0 Å². The maximum absolute atomic E-state index is 9.99. The number of hydrogen-bond acceptors (Lipinski definition) is 3. The standard InChI is InChI=1S/C5H10O3S/c1-2-7-3-4-8-5(6)9/h2-4H2,1H3,(H,6,9). The monoisotopic (exact) mass is 150 g/mol. The third-order valence-corrected chi connectivity index (χ3v) is 0.786. The molecule has 54 valence electrons. The third-order valence-electron chi connectivity index (χ3n) is 0.657. The second-order valence-corrected chi connectivity index (χ2v) is 1.68. The van der Waals surface area contributed by atoms with Crippen molar-refractivity contribution in [3.8, 4) is 0 Å². The zero-order chi connectivity index (χ0) is 7.11. The lowest BCUT2D eigenvalue weighted by molar-refractivity contribution is 0.0902. The van der Waals surface area contributed by atoms with Crippen LogP contribution in [0, 0.1) is 0 Å². The highest BCUT2D eigenvalue weighted by Gasteiger charge is 1.90. The Balaban J connectivity index is 2.83. The first-order valence-electron chi connectivity index (χ1n) is 2.70. The Labute approximate surface area is 59.7 Å². The first-order valence-corrected chi connectivity index (χ1v) is 3.15. The molecule has 0 aliphatic carbocycles. The molecule has 0 rings (SSSR count). The Morgan fingerprint density at radius 1 is 1.56 bits per heavy atom. The average Bonchev–Trinajstić information content (AvgIpc) is 1.80. The van der Waals surface area contributed by atoms with Crippen LogP contribution in [0.25, 0.3) is 0 Å². The van der Waals surface area contributed by atoms with Gasteiger partial charge in [-0.25, -0.2) is 4.79 Å². The number of carbonyl (C=O) groups excluding carboxylic acids is 1. The summed E-state index contributed by atoms with van der Waals surface area (Å²) in [6.45, 7) is 3.26. The fourth-order valence-corrected chi connectivity index (χ4v) is 0.424. The van der Waals surface area contributed by atoms with Crippen LogP contribution in [-0.4, -0.2) is 25.1 Å². The van der Waals surface area contributed by atoms with Gasteiger partial charge in [0.05, 0.1) is 6.61 Å². The van der Waals surface area contributed by atoms with Crippen LogP contribution in [0.15, 0.2) is 0 Å². The van der Waals surface area contributed by atoms with Gasteiger partial charge in [0.1, 0.15) is 6.61 Å². The normalized spacial score (nSPS) is 9.11. The fourth-order valence-electron chi connectivity index (χ4n) is 0.332. The summed E-state index contributed by atoms with van der Waals surface area (Å²) in [5.41, 5.74) is 0. The molecule has 0 heterocycles. The van der Waals surface area contributed by atoms with Crippen molar-refractivity contribution >= 4 is 17.9 Å². The molecule has 0 amide bonds. The number of hydrogen-bond donors (Lipinski definition) is 1. The molecule has 0 fully saturated rings. The lowest BCUT2D eigenvalue weighted by Gasteiger charge is -1.99. The number of thiol groups is 1. The van der Waals surface area contributed by atoms with Gasteiger partial charge >= 0.3 is 5.30 Å². The minimum atomic E-state index is -0.560. The van der Waals surface area contributed by atoms with E-state index in [4.69, 9.17) is 4.74 Å². The van der Waals surface area contributed by atoms with Gasteiger partial charge in [-0.1, -0.05) is 12.6 Å². The molecule has 0 saturated heterocycles. The van der Waals surface area contributed by atoms with Crippen molar-refractivity contribution in [3.63, 3.8) is 0 Å². The number of carbonyl (C=O) groups is 1. The molecule has 0 aromatic heterocycles. The summed E-state index contributed by atoms with van der Waals surface area (Å²) in [5.74, 6) is 0. The van der Waals surface area contributed by atoms with Gasteiger partial charge in [-0.15, -0.1) is 0 Å². The highest BCUT2D eigenvalue weighted by Crippen LogP contribution is 1.85. The molecular formula is C5H10O3S. The predicted molar refractivity (Wildman–Crippen MR) is 36.8 cm³/mol. The molecule has 0 spiro atoms. The molecule has 4 heteroatoms. The van der Waals surface area contributed by atoms with E-state index in [9.17, 15) is 4.79 Å². The van der Waals surface area contributed by atoms with Gasteiger partial charge in [-0.2, -0.15) is 0 Å². The van der Waals surface area contributed by atoms with E-state index in [0.29, 0.717) is 13.2 Å². The van der Waals surface area contributed by atoms with Crippen LogP contribution in [0.4, 0.5) is 4.79 Å². The zero-order valence-corrected chi connectivity index (χ0v) is 6.19. The largest absolute Gasteiger partial charge is 0.455 e. The molecule has 0 N–H and O–H groups in total. The number of rotatable bonds is 4. The van der Waals surface area contributed by atoms with Crippen molar-refractivity contribution in [2.45, 2.75) is 6.92 Å². The quantitative estimate of drug-likeness (QED) is 0.370. The molecular weight excluding hydrogens is 140 g/mol. The highest BCUT2D eigenvalue weighted by atomic mass is 32.1. The van der Waals surface area contributed by atoms with E-state index in [1.54, 1.807) is 0 Å². The van der Waals surface area contributed by atoms with Crippen molar-refractivity contribution in [2.75, 3.05) is 19.8 Å². The average molecular weight is 150 g/mol. The second kappa shape index (κ2) is 5.91. The Hall–Kier alpha value is -0.220. The summed E-state index contributed by atoms with van der Waals surface area (Å²) < 4.78 is 9.32. The van der Waals surface area contributed by atoms with Gasteiger partial charge in [0.25, 0.3) is 0 Å². The second-order valence-electron chi connectivity index (χ2n) is 1.31. The molecule has 0 aliphatic rings. The first-order chi connectivity index (χ1) is 4.27. The molecule has 0 aromatic rings. The van der Waals surface area contributed by atoms with Crippen molar-refractivity contribution in [3.05, 3.63) is 0 Å². The maximum atomic E-state index is 9.99. The lowest BCUT2D eigenvalue weighted by Crippen LogP contribution is -2.04. The third kappa shape index (κ3) is 7.78. The van der Waals surface area contributed by atoms with Crippen molar-refractivity contribution in [2.24, 2.45) is 0 Å². The molecule has 0 aliphatic heterocycles. The van der Waals surface area contributed by atoms with Crippen molar-refractivity contribution in [1.29, 1.82) is 0 Å². The molecule has 0 unspecified atom stereocenters. The molecule has 0 atom stereocenters. The molecule has 0 saturated carbocycles. The Morgan fingerprint density at radius 3 is 2.67 bits per heavy atom. The van der Waals surface area contributed by atoms with E-state index in [2.05, 4.69) is 17.4 Å². The highest BCUT2D eigenvalue weighted by molar-refractivity contribution is 7.96. The van der Waals surface area contributed by atoms with E-state index < -0.39 is 5.30 Å². The summed E-state index contributed by atoms with van der Waals surface area (Å²) in [6, 6.07) is 0. The van der Waals surface area contributed by atoms with Gasteiger partial charge in [-0.05, 0) is 6.92 Å². The summed E-state index contributed by atoms with van der Waals surface area (Å²) in [5, 5.41) is -0.560. The van der Waals surface area contributed by atoms with Crippen LogP contribution in [0.3, 0.4) is 0 Å². The summed E-state index contributed by atoms with van der Waals surface area (Å²) in [7, 11) is 0. The Kier molecular flexibility index (Phi) is 5.76. The van der Waals surface area contributed by atoms with Crippen LogP contribution in [0.2, 0.25) is 0 Å². The maximum Gasteiger partial charge on any atom is 0.364 e. The summed E-state index contributed by atoms with van der Waals surface area (Å²) >= 11 is 3.38. The predicted octanol–water partition coefficient (Wildman–Crippen LogP) is 1.09. The molecule has 0 aromatic carbocycles. The zero-order valence-electron chi connectivity index (χ0n) is 5.29. The van der Waals surface area contributed by atoms with Crippen molar-refractivity contribution in [1.82, 2.24) is 0 Å². The molecule has 3 nitrogen and oxygen atoms in total. The van der Waals surface area contributed by atoms with Crippen LogP contribution >= 0.6 is 12.6 Å². The lowest BCUT2D eigenvalue weighted by atomic mass is 10.7. The van der Waals surface area contributed by atoms with Gasteiger partial charge in [0.2, 0.25) is 0 Å². The van der Waals surface area contributed by atoms with Gasteiger partial charge in [0, 0.05) is 6.61 Å². The molecule has 0 radical (unpaired) electrons. The van der Waals surface area contributed by atoms with E-state index in [1.165, 1.54) is 0 Å². The SMILES string of the molecule is CCOCCOC(=O)S. The van der Waals surface area contributed by atoms with E-state index >= 15 is 0 Å². The van der Waals surface area contributed by atoms with Crippen LogP contribution in [0.5, 0.6) is 0 Å². The van der Waals surface area contributed by atoms with Gasteiger partial charge < -0.3 is 9.47 Å². The van der Waals surface area contributed by atoms with Crippen LogP contribution in [-0.2, 0) is 9.47 Å². The van der Waals surface area contributed by atoms with Crippen LogP contribution in [0.1, 0.15) is 6.92 Å². The fraction of sp³-hybridized carbons (Fsp3) is 0.800.